The van der Waals surface area contributed by atoms with Crippen molar-refractivity contribution in [2.75, 3.05) is 20.3 Å². The minimum Gasteiger partial charge on any atom is -0.478 e. The van der Waals surface area contributed by atoms with Crippen LogP contribution in [0.4, 0.5) is 4.39 Å². The molecule has 2 rings (SSSR count). The van der Waals surface area contributed by atoms with Gasteiger partial charge >= 0.3 is 5.97 Å². The highest BCUT2D eigenvalue weighted by molar-refractivity contribution is 7.89. The van der Waals surface area contributed by atoms with Crippen molar-refractivity contribution in [2.45, 2.75) is 23.8 Å². The van der Waals surface area contributed by atoms with E-state index in [0.717, 1.165) is 31.0 Å². The Bertz CT molecular complexity index is 642. The molecule has 0 spiro atoms. The molecule has 1 aromatic rings. The first-order valence-electron chi connectivity index (χ1n) is 6.41. The zero-order chi connectivity index (χ0) is 15.6. The van der Waals surface area contributed by atoms with E-state index < -0.39 is 26.7 Å². The summed E-state index contributed by atoms with van der Waals surface area (Å²) < 4.78 is 45.1. The Morgan fingerprint density at radius 3 is 2.62 bits per heavy atom. The van der Waals surface area contributed by atoms with Crippen LogP contribution in [0.25, 0.3) is 0 Å². The molecular formula is C13H16FNO5S. The highest BCUT2D eigenvalue weighted by Gasteiger charge is 2.39. The number of methoxy groups -OCH3 is 1. The SMILES string of the molecule is COCCN(C1CC1)S(=O)(=O)c1ccc(C(=O)O)cc1F. The molecule has 21 heavy (non-hydrogen) atoms. The van der Waals surface area contributed by atoms with Gasteiger partial charge in [0, 0.05) is 19.7 Å². The lowest BCUT2D eigenvalue weighted by atomic mass is 10.2. The molecule has 1 aromatic carbocycles. The van der Waals surface area contributed by atoms with Gasteiger partial charge in [-0.1, -0.05) is 0 Å². The maximum atomic E-state index is 14.0. The van der Waals surface area contributed by atoms with Gasteiger partial charge in [0.15, 0.2) is 0 Å². The number of sulfonamides is 1. The van der Waals surface area contributed by atoms with E-state index >= 15 is 0 Å². The van der Waals surface area contributed by atoms with Gasteiger partial charge in [0.1, 0.15) is 10.7 Å². The number of halogens is 1. The monoisotopic (exact) mass is 317 g/mol. The standard InChI is InChI=1S/C13H16FNO5S/c1-20-7-6-15(10-3-4-10)21(18,19)12-5-2-9(13(16)17)8-11(12)14/h2,5,8,10H,3-4,6-7H2,1H3,(H,16,17). The Hall–Kier alpha value is -1.51. The van der Waals surface area contributed by atoms with E-state index in [1.54, 1.807) is 0 Å². The number of hydrogen-bond acceptors (Lipinski definition) is 4. The topological polar surface area (TPSA) is 83.9 Å². The van der Waals surface area contributed by atoms with Crippen molar-refractivity contribution in [2.24, 2.45) is 0 Å². The summed E-state index contributed by atoms with van der Waals surface area (Å²) in [5.41, 5.74) is -0.290. The van der Waals surface area contributed by atoms with Gasteiger partial charge in [-0.25, -0.2) is 17.6 Å². The molecule has 0 atom stereocenters. The highest BCUT2D eigenvalue weighted by Crippen LogP contribution is 2.32. The van der Waals surface area contributed by atoms with Gasteiger partial charge in [-0.05, 0) is 31.0 Å². The number of carbonyl (C=O) groups is 1. The molecule has 0 bridgehead atoms. The van der Waals surface area contributed by atoms with E-state index in [1.165, 1.54) is 11.4 Å². The molecule has 1 aliphatic rings. The van der Waals surface area contributed by atoms with Crippen LogP contribution in [0.1, 0.15) is 23.2 Å². The summed E-state index contributed by atoms with van der Waals surface area (Å²) in [5.74, 6) is -2.37. The van der Waals surface area contributed by atoms with Gasteiger partial charge in [-0.3, -0.25) is 0 Å². The fraction of sp³-hybridized carbons (Fsp3) is 0.462. The van der Waals surface area contributed by atoms with Crippen molar-refractivity contribution in [3.05, 3.63) is 29.6 Å². The summed E-state index contributed by atoms with van der Waals surface area (Å²) in [7, 11) is -2.54. The molecule has 0 heterocycles. The molecule has 116 valence electrons. The van der Waals surface area contributed by atoms with Crippen LogP contribution in [-0.2, 0) is 14.8 Å². The largest absolute Gasteiger partial charge is 0.478 e. The molecule has 0 unspecified atom stereocenters. The summed E-state index contributed by atoms with van der Waals surface area (Å²) in [6.07, 6.45) is 1.47. The van der Waals surface area contributed by atoms with Crippen LogP contribution in [0.3, 0.4) is 0 Å². The molecule has 1 saturated carbocycles. The maximum absolute atomic E-state index is 14.0. The van der Waals surface area contributed by atoms with E-state index in [-0.39, 0.29) is 24.8 Å². The number of carboxylic acids is 1. The van der Waals surface area contributed by atoms with Crippen molar-refractivity contribution in [3.8, 4) is 0 Å². The van der Waals surface area contributed by atoms with E-state index in [0.29, 0.717) is 0 Å². The summed E-state index contributed by atoms with van der Waals surface area (Å²) in [6.45, 7) is 0.355. The molecule has 0 aromatic heterocycles. The van der Waals surface area contributed by atoms with Gasteiger partial charge < -0.3 is 9.84 Å². The molecule has 0 radical (unpaired) electrons. The van der Waals surface area contributed by atoms with Crippen molar-refractivity contribution < 1.29 is 27.4 Å². The average Bonchev–Trinajstić information content (AvgIpc) is 3.23. The van der Waals surface area contributed by atoms with Gasteiger partial charge in [0.05, 0.1) is 12.2 Å². The number of ether oxygens (including phenoxy) is 1. The third-order valence-electron chi connectivity index (χ3n) is 3.24. The Kier molecular flexibility index (Phi) is 4.60. The number of rotatable bonds is 7. The Balaban J connectivity index is 2.35. The van der Waals surface area contributed by atoms with Crippen LogP contribution in [0.2, 0.25) is 0 Å². The van der Waals surface area contributed by atoms with Gasteiger partial charge in [-0.15, -0.1) is 0 Å². The second kappa shape index (κ2) is 6.08. The van der Waals surface area contributed by atoms with Crippen LogP contribution < -0.4 is 0 Å². The van der Waals surface area contributed by atoms with Gasteiger partial charge in [0.2, 0.25) is 10.0 Å². The number of aromatic carboxylic acids is 1. The molecule has 6 nitrogen and oxygen atoms in total. The predicted molar refractivity (Wildman–Crippen MR) is 72.1 cm³/mol. The summed E-state index contributed by atoms with van der Waals surface area (Å²) >= 11 is 0. The maximum Gasteiger partial charge on any atom is 0.335 e. The van der Waals surface area contributed by atoms with E-state index in [4.69, 9.17) is 9.84 Å². The van der Waals surface area contributed by atoms with Crippen LogP contribution in [0, 0.1) is 5.82 Å². The fourth-order valence-electron chi connectivity index (χ4n) is 2.01. The highest BCUT2D eigenvalue weighted by atomic mass is 32.2. The first-order valence-corrected chi connectivity index (χ1v) is 7.85. The second-order valence-corrected chi connectivity index (χ2v) is 6.65. The van der Waals surface area contributed by atoms with Crippen LogP contribution >= 0.6 is 0 Å². The van der Waals surface area contributed by atoms with Gasteiger partial charge in [-0.2, -0.15) is 4.31 Å². The number of benzene rings is 1. The van der Waals surface area contributed by atoms with E-state index in [1.807, 2.05) is 0 Å². The quantitative estimate of drug-likeness (QED) is 0.820. The van der Waals surface area contributed by atoms with Crippen molar-refractivity contribution in [1.29, 1.82) is 0 Å². The first-order chi connectivity index (χ1) is 9.87. The van der Waals surface area contributed by atoms with Gasteiger partial charge in [0.25, 0.3) is 0 Å². The molecule has 1 aliphatic carbocycles. The zero-order valence-corrected chi connectivity index (χ0v) is 12.3. The predicted octanol–water partition coefficient (Wildman–Crippen LogP) is 1.32. The number of nitrogens with zero attached hydrogens (tertiary/aromatic N) is 1. The number of hydrogen-bond donors (Lipinski definition) is 1. The summed E-state index contributed by atoms with van der Waals surface area (Å²) in [6, 6.07) is 2.66. The van der Waals surface area contributed by atoms with Crippen molar-refractivity contribution in [1.82, 2.24) is 4.31 Å². The summed E-state index contributed by atoms with van der Waals surface area (Å²) in [4.78, 5) is 10.3. The lowest BCUT2D eigenvalue weighted by Crippen LogP contribution is -2.36. The Morgan fingerprint density at radius 2 is 2.14 bits per heavy atom. The minimum atomic E-state index is -4.00. The third kappa shape index (κ3) is 3.39. The third-order valence-corrected chi connectivity index (χ3v) is 5.22. The molecular weight excluding hydrogens is 301 g/mol. The second-order valence-electron chi connectivity index (χ2n) is 4.79. The molecule has 1 N–H and O–H groups in total. The molecule has 8 heteroatoms. The Labute approximate surface area is 122 Å². The smallest absolute Gasteiger partial charge is 0.335 e. The van der Waals surface area contributed by atoms with Crippen molar-refractivity contribution in [3.63, 3.8) is 0 Å². The van der Waals surface area contributed by atoms with Crippen molar-refractivity contribution >= 4 is 16.0 Å². The molecule has 1 fully saturated rings. The first kappa shape index (κ1) is 15.9. The average molecular weight is 317 g/mol. The Morgan fingerprint density at radius 1 is 1.48 bits per heavy atom. The summed E-state index contributed by atoms with van der Waals surface area (Å²) in [5, 5.41) is 8.78. The van der Waals surface area contributed by atoms with Crippen LogP contribution in [-0.4, -0.2) is 50.1 Å². The van der Waals surface area contributed by atoms with E-state index in [2.05, 4.69) is 0 Å². The molecule has 0 saturated heterocycles. The fourth-order valence-corrected chi connectivity index (χ4v) is 3.73. The van der Waals surface area contributed by atoms with Crippen LogP contribution in [0.5, 0.6) is 0 Å². The lowest BCUT2D eigenvalue weighted by molar-refractivity contribution is 0.0696. The normalized spacial score (nSPS) is 15.4. The van der Waals surface area contributed by atoms with E-state index in [9.17, 15) is 17.6 Å². The number of carboxylic acid groups (broad SMARTS) is 1. The molecule has 0 amide bonds. The molecule has 0 aliphatic heterocycles. The lowest BCUT2D eigenvalue weighted by Gasteiger charge is -2.21. The minimum absolute atomic E-state index is 0.135. The van der Waals surface area contributed by atoms with Crippen LogP contribution in [0.15, 0.2) is 23.1 Å². The zero-order valence-electron chi connectivity index (χ0n) is 11.5.